The number of carbonyl (C=O) groups is 14. The van der Waals surface area contributed by atoms with Gasteiger partial charge in [0, 0.05) is 19.3 Å². The second-order valence-electron chi connectivity index (χ2n) is 20.7. The average Bonchev–Trinajstić information content (AvgIpc) is 3.47. The summed E-state index contributed by atoms with van der Waals surface area (Å²) in [5, 5.41) is 49.5. The van der Waals surface area contributed by atoms with E-state index in [-0.39, 0.29) is 18.6 Å². The van der Waals surface area contributed by atoms with Crippen molar-refractivity contribution < 1.29 is 87.2 Å². The molecular weight excluding hydrogens is 1090 g/mol. The van der Waals surface area contributed by atoms with Crippen molar-refractivity contribution >= 4 is 82.9 Å². The number of cyclic esters (lactones) is 1. The molecular formula is C54H83N11O18. The molecule has 11 amide bonds. The topological polar surface area (TPSA) is 469 Å². The highest BCUT2D eigenvalue weighted by atomic mass is 16.5. The van der Waals surface area contributed by atoms with E-state index in [1.165, 1.54) is 77.1 Å². The predicted molar refractivity (Wildman–Crippen MR) is 294 cm³/mol. The smallest absolute Gasteiger partial charge is 0.329 e. The van der Waals surface area contributed by atoms with Crippen LogP contribution in [0.2, 0.25) is 0 Å². The number of primary amides is 2. The van der Waals surface area contributed by atoms with Crippen LogP contribution in [0.3, 0.4) is 0 Å². The quantitative estimate of drug-likeness (QED) is 0.0365. The van der Waals surface area contributed by atoms with E-state index >= 15 is 0 Å². The van der Waals surface area contributed by atoms with E-state index in [2.05, 4.69) is 49.5 Å². The van der Waals surface area contributed by atoms with Crippen LogP contribution in [0.5, 0.6) is 5.75 Å². The third kappa shape index (κ3) is 28.7. The summed E-state index contributed by atoms with van der Waals surface area (Å²) in [6.45, 7) is 4.37. The number of ether oxygens (including phenoxy) is 1. The van der Waals surface area contributed by atoms with Gasteiger partial charge < -0.3 is 79.4 Å². The fourth-order valence-electron chi connectivity index (χ4n) is 8.53. The van der Waals surface area contributed by atoms with E-state index in [9.17, 15) is 82.4 Å². The summed E-state index contributed by atoms with van der Waals surface area (Å²) in [6, 6.07) is -7.29. The second-order valence-corrected chi connectivity index (χ2v) is 20.7. The molecule has 29 nitrogen and oxygen atoms in total. The van der Waals surface area contributed by atoms with Crippen LogP contribution in [-0.2, 0) is 78.3 Å². The largest absolute Gasteiger partial charge is 0.508 e. The van der Waals surface area contributed by atoms with Gasteiger partial charge in [0.15, 0.2) is 0 Å². The number of rotatable bonds is 26. The number of hydrogen-bond acceptors (Lipinski definition) is 16. The molecule has 8 atom stereocenters. The summed E-state index contributed by atoms with van der Waals surface area (Å²) in [6.07, 6.45) is 5.68. The Morgan fingerprint density at radius 3 is 1.48 bits per heavy atom. The van der Waals surface area contributed by atoms with Crippen LogP contribution in [0.4, 0.5) is 0 Å². The Morgan fingerprint density at radius 1 is 0.566 bits per heavy atom. The molecule has 1 aliphatic heterocycles. The van der Waals surface area contributed by atoms with Gasteiger partial charge in [0.1, 0.15) is 54.1 Å². The number of aromatic hydroxyl groups is 1. The zero-order valence-electron chi connectivity index (χ0n) is 47.5. The van der Waals surface area contributed by atoms with Crippen molar-refractivity contribution in [1.82, 2.24) is 47.9 Å². The minimum Gasteiger partial charge on any atom is -0.508 e. The number of esters is 1. The molecule has 0 radical (unpaired) electrons. The van der Waals surface area contributed by atoms with E-state index < -0.39 is 182 Å². The number of carboxylic acids is 2. The Bertz CT molecular complexity index is 2420. The van der Waals surface area contributed by atoms with Gasteiger partial charge in [-0.1, -0.05) is 104 Å². The van der Waals surface area contributed by atoms with Crippen molar-refractivity contribution in [3.05, 3.63) is 29.8 Å². The van der Waals surface area contributed by atoms with Gasteiger partial charge in [-0.05, 0) is 43.4 Å². The Labute approximate surface area is 480 Å². The first-order chi connectivity index (χ1) is 39.2. The van der Waals surface area contributed by atoms with E-state index in [0.717, 1.165) is 32.1 Å². The van der Waals surface area contributed by atoms with E-state index in [1.54, 1.807) is 0 Å². The summed E-state index contributed by atoms with van der Waals surface area (Å²) in [4.78, 5) is 185. The summed E-state index contributed by atoms with van der Waals surface area (Å²) in [7, 11) is 0. The lowest BCUT2D eigenvalue weighted by Gasteiger charge is -2.30. The monoisotopic (exact) mass is 1170 g/mol. The summed E-state index contributed by atoms with van der Waals surface area (Å²) in [5.74, 6) is -18.0. The van der Waals surface area contributed by atoms with Crippen LogP contribution in [-0.4, -0.2) is 160 Å². The maximum absolute atomic E-state index is 14.4. The SMILES string of the molecule is CCCCCCCCCCCCCCC(=O)N[C@@H]1C(=O)N[C@H](CCC(N)=O)C(=O)N[C@@H](CC(=O)O)C(=O)NCC(=O)N[C@@H](CC(N)=O)C(=O)N[C@@H](CC(=O)O)C(=O)NCC(=O)N[C@@H](Cc2ccc(O)cc2)C(=O)N[C@@H](C(C)C)C(=O)O[C@H]1C. The number of phenols is 1. The first-order valence-electron chi connectivity index (χ1n) is 27.8. The number of carbonyl (C=O) groups excluding carboxylic acids is 12. The number of hydrogen-bond donors (Lipinski definition) is 14. The number of phenolic OH excluding ortho intramolecular Hbond substituents is 1. The Balaban J connectivity index is 2.67. The van der Waals surface area contributed by atoms with Gasteiger partial charge in [0.25, 0.3) is 0 Å². The van der Waals surface area contributed by atoms with Gasteiger partial charge in [0.05, 0.1) is 32.4 Å². The van der Waals surface area contributed by atoms with Gasteiger partial charge in [-0.15, -0.1) is 0 Å². The van der Waals surface area contributed by atoms with E-state index in [4.69, 9.17) is 16.2 Å². The molecule has 1 aromatic rings. The third-order valence-corrected chi connectivity index (χ3v) is 13.1. The van der Waals surface area contributed by atoms with Crippen LogP contribution in [0.25, 0.3) is 0 Å². The van der Waals surface area contributed by atoms with Crippen LogP contribution in [0.15, 0.2) is 24.3 Å². The molecule has 0 saturated carbocycles. The molecule has 0 spiro atoms. The fraction of sp³-hybridized carbons (Fsp3) is 0.630. The Kier molecular flexibility index (Phi) is 32.0. The molecule has 16 N–H and O–H groups in total. The van der Waals surface area contributed by atoms with E-state index in [1.807, 2.05) is 5.32 Å². The normalized spacial score (nSPS) is 22.3. The number of nitrogens with two attached hydrogens (primary N) is 2. The highest BCUT2D eigenvalue weighted by molar-refractivity contribution is 6.00. The van der Waals surface area contributed by atoms with Crippen molar-refractivity contribution in [3.63, 3.8) is 0 Å². The number of nitrogens with one attached hydrogen (secondary N) is 9. The highest BCUT2D eigenvalue weighted by Crippen LogP contribution is 2.16. The number of amides is 11. The summed E-state index contributed by atoms with van der Waals surface area (Å²) >= 11 is 0. The molecule has 0 unspecified atom stereocenters. The lowest BCUT2D eigenvalue weighted by atomic mass is 10.0. The number of aliphatic carboxylic acids is 2. The third-order valence-electron chi connectivity index (χ3n) is 13.1. The minimum atomic E-state index is -2.02. The first kappa shape index (κ1) is 70.7. The van der Waals surface area contributed by atoms with Crippen molar-refractivity contribution in [2.24, 2.45) is 17.4 Å². The summed E-state index contributed by atoms with van der Waals surface area (Å²) < 4.78 is 5.75. The molecule has 0 aromatic heterocycles. The molecule has 29 heteroatoms. The predicted octanol–water partition coefficient (Wildman–Crippen LogP) is -1.66. The number of carboxylic acid groups (broad SMARTS) is 2. The molecule has 1 fully saturated rings. The van der Waals surface area contributed by atoms with Crippen molar-refractivity contribution in [3.8, 4) is 5.75 Å². The van der Waals surface area contributed by atoms with Gasteiger partial charge in [0.2, 0.25) is 65.0 Å². The molecule has 1 aliphatic rings. The molecule has 462 valence electrons. The Morgan fingerprint density at radius 2 is 1.01 bits per heavy atom. The van der Waals surface area contributed by atoms with Crippen LogP contribution < -0.4 is 59.3 Å². The summed E-state index contributed by atoms with van der Waals surface area (Å²) in [5.41, 5.74) is 11.0. The van der Waals surface area contributed by atoms with Crippen LogP contribution in [0, 0.1) is 5.92 Å². The fourth-order valence-corrected chi connectivity index (χ4v) is 8.53. The molecule has 0 aliphatic carbocycles. The van der Waals surface area contributed by atoms with Gasteiger partial charge in [-0.25, -0.2) is 4.79 Å². The lowest BCUT2D eigenvalue weighted by molar-refractivity contribution is -0.157. The molecule has 1 heterocycles. The van der Waals surface area contributed by atoms with Crippen LogP contribution in [0.1, 0.15) is 149 Å². The van der Waals surface area contributed by atoms with Gasteiger partial charge in [-0.3, -0.25) is 62.3 Å². The zero-order chi connectivity index (χ0) is 62.2. The van der Waals surface area contributed by atoms with Crippen molar-refractivity contribution in [2.75, 3.05) is 13.1 Å². The standard InChI is InChI=1S/C54H83N11O18/c1-5-6-7-8-9-10-11-12-13-14-15-16-17-41(69)64-47-31(4)83-54(82)46(30(2)3)65-52(80)35(24-32-18-20-33(66)21-19-32)59-42(70)28-57-49(77)38(27-45(74)75)63-51(79)36(25-40(56)68)60-43(71)29-58-48(76)37(26-44(72)73)62-50(78)34(61-53(47)81)22-23-39(55)67/h18-21,30-31,34-38,46-47,66H,5-17,22-29H2,1-4H3,(H2,55,67)(H2,56,68)(H,57,77)(H,58,76)(H,59,70)(H,60,71)(H,61,81)(H,62,78)(H,63,79)(H,64,69)(H,65,80)(H,72,73)(H,74,75)/t31-,34+,35-,36-,37-,38-,46-,47-/m0/s1. The molecule has 83 heavy (non-hydrogen) atoms. The highest BCUT2D eigenvalue weighted by Gasteiger charge is 2.38. The first-order valence-corrected chi connectivity index (χ1v) is 27.8. The van der Waals surface area contributed by atoms with Crippen molar-refractivity contribution in [1.29, 1.82) is 0 Å². The second kappa shape index (κ2) is 37.6. The van der Waals surface area contributed by atoms with Gasteiger partial charge >= 0.3 is 17.9 Å². The number of benzene rings is 1. The van der Waals surface area contributed by atoms with Crippen molar-refractivity contribution in [2.45, 2.75) is 198 Å². The van der Waals surface area contributed by atoms with E-state index in [0.29, 0.717) is 18.4 Å². The lowest BCUT2D eigenvalue weighted by Crippen LogP contribution is -2.60. The molecule has 1 saturated heterocycles. The minimum absolute atomic E-state index is 0.0954. The zero-order valence-corrected chi connectivity index (χ0v) is 47.5. The van der Waals surface area contributed by atoms with Gasteiger partial charge in [-0.2, -0.15) is 0 Å². The average molecular weight is 1170 g/mol. The molecule has 2 rings (SSSR count). The number of unbranched alkanes of at least 4 members (excludes halogenated alkanes) is 11. The Hall–Kier alpha value is -8.40. The van der Waals surface area contributed by atoms with Crippen LogP contribution >= 0.6 is 0 Å². The maximum Gasteiger partial charge on any atom is 0.329 e. The molecule has 1 aromatic carbocycles. The molecule has 0 bridgehead atoms. The maximum atomic E-state index is 14.4.